The van der Waals surface area contributed by atoms with Gasteiger partial charge in [-0.3, -0.25) is 4.79 Å². The van der Waals surface area contributed by atoms with E-state index in [-0.39, 0.29) is 17.3 Å². The molecule has 0 bridgehead atoms. The first-order valence-corrected chi connectivity index (χ1v) is 5.73. The van der Waals surface area contributed by atoms with Crippen molar-refractivity contribution in [3.8, 4) is 0 Å². The third-order valence-corrected chi connectivity index (χ3v) is 4.06. The molecule has 0 aromatic heterocycles. The molecule has 3 heteroatoms. The zero-order valence-electron chi connectivity index (χ0n) is 8.70. The van der Waals surface area contributed by atoms with Gasteiger partial charge in [0.15, 0.2) is 0 Å². The third kappa shape index (κ3) is 1.59. The van der Waals surface area contributed by atoms with Crippen LogP contribution in [-0.4, -0.2) is 11.1 Å². The number of hydrogen-bond acceptors (Lipinski definition) is 1. The van der Waals surface area contributed by atoms with Crippen molar-refractivity contribution < 1.29 is 9.90 Å². The molecule has 0 heterocycles. The summed E-state index contributed by atoms with van der Waals surface area (Å²) < 4.78 is 1.01. The number of halogens is 1. The van der Waals surface area contributed by atoms with Gasteiger partial charge in [0.2, 0.25) is 0 Å². The highest BCUT2D eigenvalue weighted by atomic mass is 79.9. The zero-order valence-corrected chi connectivity index (χ0v) is 10.3. The van der Waals surface area contributed by atoms with Gasteiger partial charge >= 0.3 is 5.97 Å². The molecule has 80 valence electrons. The van der Waals surface area contributed by atoms with E-state index in [2.05, 4.69) is 15.9 Å². The van der Waals surface area contributed by atoms with Crippen molar-refractivity contribution in [2.75, 3.05) is 0 Å². The van der Waals surface area contributed by atoms with Gasteiger partial charge in [-0.25, -0.2) is 0 Å². The molecule has 0 saturated heterocycles. The summed E-state index contributed by atoms with van der Waals surface area (Å²) in [5.41, 5.74) is 0.977. The lowest BCUT2D eigenvalue weighted by molar-refractivity contribution is -0.139. The van der Waals surface area contributed by atoms with Gasteiger partial charge in [0, 0.05) is 10.4 Å². The Morgan fingerprint density at radius 3 is 2.47 bits per heavy atom. The van der Waals surface area contributed by atoms with E-state index < -0.39 is 5.97 Å². The average molecular weight is 269 g/mol. The molecule has 1 aliphatic rings. The van der Waals surface area contributed by atoms with Crippen LogP contribution in [0, 0.1) is 11.3 Å². The summed E-state index contributed by atoms with van der Waals surface area (Å²) in [5.74, 6) is -0.817. The lowest BCUT2D eigenvalue weighted by Crippen LogP contribution is -2.03. The molecule has 0 spiro atoms. The summed E-state index contributed by atoms with van der Waals surface area (Å²) in [6.07, 6.45) is 0. The van der Waals surface area contributed by atoms with Crippen LogP contribution in [0.2, 0.25) is 0 Å². The summed E-state index contributed by atoms with van der Waals surface area (Å²) in [4.78, 5) is 11.1. The first-order valence-electron chi connectivity index (χ1n) is 4.93. The lowest BCUT2D eigenvalue weighted by Gasteiger charge is -2.04. The van der Waals surface area contributed by atoms with E-state index in [4.69, 9.17) is 5.11 Å². The van der Waals surface area contributed by atoms with Crippen molar-refractivity contribution in [3.05, 3.63) is 34.3 Å². The van der Waals surface area contributed by atoms with Gasteiger partial charge in [-0.15, -0.1) is 0 Å². The Kier molecular flexibility index (Phi) is 2.38. The molecule has 1 aromatic rings. The maximum Gasteiger partial charge on any atom is 0.307 e. The van der Waals surface area contributed by atoms with Crippen LogP contribution in [0.15, 0.2) is 28.7 Å². The monoisotopic (exact) mass is 268 g/mol. The van der Waals surface area contributed by atoms with Crippen molar-refractivity contribution in [1.29, 1.82) is 0 Å². The van der Waals surface area contributed by atoms with E-state index in [9.17, 15) is 4.79 Å². The lowest BCUT2D eigenvalue weighted by atomic mass is 10.0. The zero-order chi connectivity index (χ0) is 11.2. The minimum Gasteiger partial charge on any atom is -0.481 e. The molecule has 2 atom stereocenters. The fourth-order valence-electron chi connectivity index (χ4n) is 2.41. The quantitative estimate of drug-likeness (QED) is 0.894. The standard InChI is InChI=1S/C12H13BrO2/c1-12(2)9(10(12)11(14)15)7-5-3-4-6-8(7)13/h3-6,9-10H,1-2H3,(H,14,15)/t9-,10+/m1/s1. The number of carboxylic acid groups (broad SMARTS) is 1. The van der Waals surface area contributed by atoms with Gasteiger partial charge in [0.25, 0.3) is 0 Å². The van der Waals surface area contributed by atoms with Crippen molar-refractivity contribution in [2.24, 2.45) is 11.3 Å². The highest BCUT2D eigenvalue weighted by Crippen LogP contribution is 2.65. The smallest absolute Gasteiger partial charge is 0.307 e. The van der Waals surface area contributed by atoms with Crippen LogP contribution in [0.3, 0.4) is 0 Å². The molecule has 1 fully saturated rings. The van der Waals surface area contributed by atoms with Crippen molar-refractivity contribution in [3.63, 3.8) is 0 Å². The fourth-order valence-corrected chi connectivity index (χ4v) is 2.94. The molecule has 0 amide bonds. The number of rotatable bonds is 2. The van der Waals surface area contributed by atoms with Gasteiger partial charge in [-0.2, -0.15) is 0 Å². The summed E-state index contributed by atoms with van der Waals surface area (Å²) >= 11 is 3.47. The highest BCUT2D eigenvalue weighted by Gasteiger charge is 2.63. The van der Waals surface area contributed by atoms with Crippen LogP contribution in [0.25, 0.3) is 0 Å². The molecular formula is C12H13BrO2. The number of carbonyl (C=O) groups is 1. The average Bonchev–Trinajstić information content (AvgIpc) is 2.70. The first-order chi connectivity index (χ1) is 6.96. The van der Waals surface area contributed by atoms with Crippen molar-refractivity contribution in [1.82, 2.24) is 0 Å². The van der Waals surface area contributed by atoms with Crippen LogP contribution >= 0.6 is 15.9 Å². The molecule has 15 heavy (non-hydrogen) atoms. The Balaban J connectivity index is 2.36. The highest BCUT2D eigenvalue weighted by molar-refractivity contribution is 9.10. The van der Waals surface area contributed by atoms with Gasteiger partial charge in [-0.05, 0) is 17.0 Å². The normalized spacial score (nSPS) is 27.4. The van der Waals surface area contributed by atoms with E-state index >= 15 is 0 Å². The molecule has 2 nitrogen and oxygen atoms in total. The molecule has 1 aliphatic carbocycles. The second-order valence-electron chi connectivity index (χ2n) is 4.64. The van der Waals surface area contributed by atoms with Gasteiger partial charge < -0.3 is 5.11 Å². The third-order valence-electron chi connectivity index (χ3n) is 3.33. The topological polar surface area (TPSA) is 37.3 Å². The maximum absolute atomic E-state index is 11.1. The van der Waals surface area contributed by atoms with Crippen LogP contribution in [0.4, 0.5) is 0 Å². The van der Waals surface area contributed by atoms with E-state index in [1.807, 2.05) is 38.1 Å². The molecule has 1 saturated carbocycles. The van der Waals surface area contributed by atoms with Crippen LogP contribution in [-0.2, 0) is 4.79 Å². The van der Waals surface area contributed by atoms with Crippen LogP contribution < -0.4 is 0 Å². The number of carboxylic acids is 1. The molecule has 1 N–H and O–H groups in total. The summed E-state index contributed by atoms with van der Waals surface area (Å²) in [6, 6.07) is 7.86. The minimum absolute atomic E-state index is 0.129. The maximum atomic E-state index is 11.1. The van der Waals surface area contributed by atoms with E-state index in [0.717, 1.165) is 10.0 Å². The Morgan fingerprint density at radius 1 is 1.40 bits per heavy atom. The van der Waals surface area contributed by atoms with Gasteiger partial charge in [-0.1, -0.05) is 48.0 Å². The van der Waals surface area contributed by atoms with E-state index in [1.54, 1.807) is 0 Å². The van der Waals surface area contributed by atoms with Gasteiger partial charge in [0.1, 0.15) is 0 Å². The molecule has 0 radical (unpaired) electrons. The van der Waals surface area contributed by atoms with Crippen molar-refractivity contribution >= 4 is 21.9 Å². The molecule has 2 rings (SSSR count). The second kappa shape index (κ2) is 3.34. The summed E-state index contributed by atoms with van der Waals surface area (Å²) in [5, 5.41) is 9.10. The fraction of sp³-hybridized carbons (Fsp3) is 0.417. The van der Waals surface area contributed by atoms with Crippen molar-refractivity contribution in [2.45, 2.75) is 19.8 Å². The predicted octanol–water partition coefficient (Wildman–Crippen LogP) is 3.27. The molecular weight excluding hydrogens is 256 g/mol. The summed E-state index contributed by atoms with van der Waals surface area (Å²) in [6.45, 7) is 4.02. The Bertz CT molecular complexity index is 412. The Hall–Kier alpha value is -0.830. The minimum atomic E-state index is -0.694. The number of hydrogen-bond donors (Lipinski definition) is 1. The molecule has 0 aliphatic heterocycles. The molecule has 1 aromatic carbocycles. The Morgan fingerprint density at radius 2 is 2.00 bits per heavy atom. The largest absolute Gasteiger partial charge is 0.481 e. The first kappa shape index (κ1) is 10.7. The predicted molar refractivity (Wildman–Crippen MR) is 61.8 cm³/mol. The van der Waals surface area contributed by atoms with Crippen LogP contribution in [0.1, 0.15) is 25.3 Å². The van der Waals surface area contributed by atoms with E-state index in [1.165, 1.54) is 0 Å². The SMILES string of the molecule is CC1(C)[C@H](C(=O)O)[C@H]1c1ccccc1Br. The summed E-state index contributed by atoms with van der Waals surface area (Å²) in [7, 11) is 0. The van der Waals surface area contributed by atoms with E-state index in [0.29, 0.717) is 0 Å². The molecule has 0 unspecified atom stereocenters. The van der Waals surface area contributed by atoms with Crippen LogP contribution in [0.5, 0.6) is 0 Å². The second-order valence-corrected chi connectivity index (χ2v) is 5.49. The van der Waals surface area contributed by atoms with Gasteiger partial charge in [0.05, 0.1) is 5.92 Å². The number of benzene rings is 1. The number of aliphatic carboxylic acids is 1. The Labute approximate surface area is 97.4 Å².